The average Bonchev–Trinajstić information content (AvgIpc) is 3.16. The van der Waals surface area contributed by atoms with Crippen molar-refractivity contribution >= 4 is 41.8 Å². The fourth-order valence-electron chi connectivity index (χ4n) is 5.39. The summed E-state index contributed by atoms with van der Waals surface area (Å²) < 4.78 is 56.4. The van der Waals surface area contributed by atoms with Crippen LogP contribution in [0.4, 0.5) is 13.2 Å². The largest absolute Gasteiger partial charge is 0.454 e. The van der Waals surface area contributed by atoms with Crippen LogP contribution in [0.25, 0.3) is 0 Å². The molecule has 15 heteroatoms. The lowest BCUT2D eigenvalue weighted by atomic mass is 9.94. The highest BCUT2D eigenvalue weighted by molar-refractivity contribution is 7.98. The maximum Gasteiger partial charge on any atom is 0.454 e. The highest BCUT2D eigenvalue weighted by Crippen LogP contribution is 2.45. The predicted molar refractivity (Wildman–Crippen MR) is 162 cm³/mol. The van der Waals surface area contributed by atoms with E-state index in [0.717, 1.165) is 22.9 Å². The Morgan fingerprint density at radius 1 is 1.18 bits per heavy atom. The van der Waals surface area contributed by atoms with Gasteiger partial charge in [0.25, 0.3) is 12.4 Å². The van der Waals surface area contributed by atoms with Crippen LogP contribution in [0.1, 0.15) is 40.1 Å². The van der Waals surface area contributed by atoms with Crippen molar-refractivity contribution in [1.82, 2.24) is 14.5 Å². The van der Waals surface area contributed by atoms with Crippen LogP contribution in [0.5, 0.6) is 5.75 Å². The molecular formula is C30H30ClF3N5O5S+. The van der Waals surface area contributed by atoms with Crippen LogP contribution >= 0.6 is 23.4 Å². The summed E-state index contributed by atoms with van der Waals surface area (Å²) in [5, 5.41) is 2.00. The number of amides is 1. The Balaban J connectivity index is 1.79. The van der Waals surface area contributed by atoms with Crippen molar-refractivity contribution in [2.24, 2.45) is 0 Å². The number of benzene rings is 2. The van der Waals surface area contributed by atoms with Gasteiger partial charge in [-0.3, -0.25) is 24.1 Å². The minimum absolute atomic E-state index is 0.00658. The molecule has 0 saturated carbocycles. The van der Waals surface area contributed by atoms with E-state index >= 15 is 0 Å². The van der Waals surface area contributed by atoms with Crippen molar-refractivity contribution in [2.45, 2.75) is 35.8 Å². The smallest absolute Gasteiger partial charge is 0.427 e. The number of rotatable bonds is 6. The van der Waals surface area contributed by atoms with Gasteiger partial charge in [0.1, 0.15) is 18.8 Å². The molecule has 2 aromatic carbocycles. The molecule has 2 atom stereocenters. The quantitative estimate of drug-likeness (QED) is 0.127. The summed E-state index contributed by atoms with van der Waals surface area (Å²) in [6.45, 7) is 0.372. The molecule has 0 aliphatic carbocycles. The summed E-state index contributed by atoms with van der Waals surface area (Å²) in [7, 11) is 4.69. The van der Waals surface area contributed by atoms with Crippen LogP contribution in [-0.4, -0.2) is 84.2 Å². The van der Waals surface area contributed by atoms with Crippen LogP contribution < -0.4 is 15.2 Å². The highest BCUT2D eigenvalue weighted by Gasteiger charge is 2.48. The van der Waals surface area contributed by atoms with Gasteiger partial charge < -0.3 is 14.4 Å². The monoisotopic (exact) mass is 664 g/mol. The fraction of sp³-hybridized carbons (Fsp3) is 0.333. The maximum absolute atomic E-state index is 14.3. The Kier molecular flexibility index (Phi) is 9.08. The number of alkyl halides is 3. The van der Waals surface area contributed by atoms with Gasteiger partial charge in [-0.25, -0.2) is 4.90 Å². The number of pyridine rings is 1. The van der Waals surface area contributed by atoms with Crippen LogP contribution in [0.3, 0.4) is 0 Å². The molecule has 3 heterocycles. The number of thioether (sulfide) groups is 1. The van der Waals surface area contributed by atoms with Crippen molar-refractivity contribution < 1.29 is 36.8 Å². The number of halogens is 4. The first-order valence-electron chi connectivity index (χ1n) is 13.7. The second-order valence-corrected chi connectivity index (χ2v) is 12.1. The molecular weight excluding hydrogens is 635 g/mol. The molecule has 3 aromatic rings. The summed E-state index contributed by atoms with van der Waals surface area (Å²) in [6, 6.07) is 11.1. The molecule has 2 aliphatic heterocycles. The van der Waals surface area contributed by atoms with Gasteiger partial charge >= 0.3 is 12.2 Å². The van der Waals surface area contributed by atoms with Crippen molar-refractivity contribution in [1.29, 1.82) is 0 Å². The van der Waals surface area contributed by atoms with E-state index in [1.165, 1.54) is 33.5 Å². The zero-order chi connectivity index (χ0) is 32.6. The second kappa shape index (κ2) is 12.7. The lowest BCUT2D eigenvalue weighted by Crippen LogP contribution is -2.60. The van der Waals surface area contributed by atoms with Gasteiger partial charge in [0.05, 0.1) is 21.1 Å². The number of ether oxygens (including phenoxy) is 2. The molecule has 0 spiro atoms. The third-order valence-corrected chi connectivity index (χ3v) is 9.03. The predicted octanol–water partition coefficient (Wildman–Crippen LogP) is 4.27. The highest BCUT2D eigenvalue weighted by atomic mass is 35.5. The third-order valence-electron chi connectivity index (χ3n) is 7.56. The Morgan fingerprint density at radius 2 is 1.91 bits per heavy atom. The molecule has 2 aliphatic rings. The Morgan fingerprint density at radius 3 is 2.60 bits per heavy atom. The van der Waals surface area contributed by atoms with Gasteiger partial charge in [-0.1, -0.05) is 41.9 Å². The molecule has 0 N–H and O–H groups in total. The number of carbonyl (C=O) groups excluding carboxylic acids is 2. The first-order valence-corrected chi connectivity index (χ1v) is 15.1. The Labute approximate surface area is 266 Å². The summed E-state index contributed by atoms with van der Waals surface area (Å²) in [4.78, 5) is 41.3. The van der Waals surface area contributed by atoms with Gasteiger partial charge in [-0.15, -0.1) is 11.8 Å². The molecule has 1 amide bonds. The van der Waals surface area contributed by atoms with Crippen LogP contribution in [0.15, 0.2) is 64.4 Å². The zero-order valence-corrected chi connectivity index (χ0v) is 26.3. The Bertz CT molecular complexity index is 1730. The average molecular weight is 665 g/mol. The molecule has 0 bridgehead atoms. The minimum atomic E-state index is -4.78. The van der Waals surface area contributed by atoms with E-state index in [1.54, 1.807) is 36.9 Å². The van der Waals surface area contributed by atoms with Crippen LogP contribution in [0.2, 0.25) is 5.02 Å². The van der Waals surface area contributed by atoms with E-state index in [9.17, 15) is 27.6 Å². The fourth-order valence-corrected chi connectivity index (χ4v) is 6.78. The van der Waals surface area contributed by atoms with Crippen LogP contribution in [0, 0.1) is 0 Å². The number of carbonyl (C=O) groups is 2. The molecule has 0 unspecified atom stereocenters. The number of hydrogen-bond donors (Lipinski definition) is 0. The molecule has 0 saturated heterocycles. The Hall–Kier alpha value is -4.17. The van der Waals surface area contributed by atoms with E-state index in [4.69, 9.17) is 21.1 Å². The second-order valence-electron chi connectivity index (χ2n) is 10.7. The molecule has 45 heavy (non-hydrogen) atoms. The number of amidine groups is 1. The lowest BCUT2D eigenvalue weighted by Gasteiger charge is -2.46. The zero-order valence-electron chi connectivity index (χ0n) is 24.7. The van der Waals surface area contributed by atoms with E-state index in [-0.39, 0.29) is 19.2 Å². The minimum Gasteiger partial charge on any atom is -0.427 e. The molecule has 0 radical (unpaired) electrons. The van der Waals surface area contributed by atoms with E-state index < -0.39 is 47.7 Å². The van der Waals surface area contributed by atoms with Gasteiger partial charge in [0.15, 0.2) is 5.69 Å². The summed E-state index contributed by atoms with van der Waals surface area (Å²) in [5.74, 6) is -0.992. The molecule has 238 valence electrons. The maximum atomic E-state index is 14.3. The number of hydrogen-bond acceptors (Lipinski definition) is 7. The first kappa shape index (κ1) is 32.2. The molecule has 0 fully saturated rings. The van der Waals surface area contributed by atoms with Crippen molar-refractivity contribution in [3.05, 3.63) is 92.4 Å². The van der Waals surface area contributed by atoms with Gasteiger partial charge in [-0.2, -0.15) is 17.7 Å². The summed E-state index contributed by atoms with van der Waals surface area (Å²) in [6.07, 6.45) is -3.43. The third kappa shape index (κ3) is 6.08. The van der Waals surface area contributed by atoms with Crippen molar-refractivity contribution in [2.75, 3.05) is 39.6 Å². The number of aromatic nitrogens is 1. The lowest BCUT2D eigenvalue weighted by molar-refractivity contribution is -0.544. The molecule has 5 rings (SSSR count). The van der Waals surface area contributed by atoms with Crippen molar-refractivity contribution in [3.8, 4) is 5.75 Å². The van der Waals surface area contributed by atoms with E-state index in [2.05, 4.69) is 0 Å². The van der Waals surface area contributed by atoms with Gasteiger partial charge in [0, 0.05) is 33.5 Å². The standard InChI is InChI=1S/C30H30ClF3N5O5S/c1-18(30(32,33)34)37-15-39(25-20-9-5-6-11-23(20)45-14-19-8-7-10-21(31)24(19)25)38-13-12-22(41)27(26(38)28(37)42)44-29(35(2)3)36(4)16-43-17-40/h5-13,17-18,25H,14-16H2,1-4H3/q+1/t18-,25-/m1/s1. The topological polar surface area (TPSA) is 87.3 Å². The molecule has 1 aromatic heterocycles. The molecule has 10 nitrogen and oxygen atoms in total. The SMILES string of the molecule is C[C@@H](N1CN([C@@H]2c3ccccc3SCc3cccc(Cl)c32)n2ccc(=O)c(O/C(N(C)C)=[N+](/C)COC=O)c2C1=O)C(F)(F)F. The van der Waals surface area contributed by atoms with E-state index in [1.807, 2.05) is 36.4 Å². The number of fused-ring (bicyclic) bond motifs is 3. The van der Waals surface area contributed by atoms with Gasteiger partial charge in [0.2, 0.25) is 17.9 Å². The van der Waals surface area contributed by atoms with E-state index in [0.29, 0.717) is 21.2 Å². The van der Waals surface area contributed by atoms with Crippen molar-refractivity contribution in [3.63, 3.8) is 0 Å². The normalized spacial score (nSPS) is 17.3. The first-order chi connectivity index (χ1) is 21.3. The summed E-state index contributed by atoms with van der Waals surface area (Å²) in [5.41, 5.74) is 1.16. The number of nitrogens with zero attached hydrogens (tertiary/aromatic N) is 5. The van der Waals surface area contributed by atoms with Gasteiger partial charge in [-0.05, 0) is 30.2 Å². The summed E-state index contributed by atoms with van der Waals surface area (Å²) >= 11 is 8.40. The van der Waals surface area contributed by atoms with Crippen LogP contribution in [-0.2, 0) is 15.3 Å².